The van der Waals surface area contributed by atoms with Gasteiger partial charge in [0.15, 0.2) is 0 Å². The lowest BCUT2D eigenvalue weighted by Crippen LogP contribution is -2.45. The number of carbonyl (C=O) groups is 2. The van der Waals surface area contributed by atoms with Crippen molar-refractivity contribution >= 4 is 11.9 Å². The number of amides is 1. The normalized spacial score (nSPS) is 13.5. The summed E-state index contributed by atoms with van der Waals surface area (Å²) in [4.78, 5) is 24.4. The molecule has 0 aromatic heterocycles. The summed E-state index contributed by atoms with van der Waals surface area (Å²) in [5, 5.41) is 8.76. The summed E-state index contributed by atoms with van der Waals surface area (Å²) in [6.45, 7) is 18.5. The highest BCUT2D eigenvalue weighted by Crippen LogP contribution is 2.39. The fraction of sp³-hybridized carbons (Fsp3) is 0.394. The molecule has 2 aromatic rings. The number of terminal acetylenes is 1. The van der Waals surface area contributed by atoms with Crippen molar-refractivity contribution in [3.05, 3.63) is 90.2 Å². The molecule has 1 aliphatic rings. The van der Waals surface area contributed by atoms with E-state index < -0.39 is 0 Å². The Morgan fingerprint density at radius 1 is 1.05 bits per heavy atom. The zero-order valence-corrected chi connectivity index (χ0v) is 24.8. The van der Waals surface area contributed by atoms with Gasteiger partial charge in [0, 0.05) is 25.1 Å². The third-order valence-electron chi connectivity index (χ3n) is 5.44. The summed E-state index contributed by atoms with van der Waals surface area (Å²) in [5.74, 6) is -0.386. The average Bonchev–Trinajstić information content (AvgIpc) is 2.95. The molecule has 3 rings (SSSR count). The van der Waals surface area contributed by atoms with Crippen LogP contribution < -0.4 is 4.74 Å². The molecule has 1 N–H and O–H groups in total. The van der Waals surface area contributed by atoms with Crippen molar-refractivity contribution in [3.8, 4) is 18.6 Å². The van der Waals surface area contributed by atoms with Crippen molar-refractivity contribution in [1.29, 1.82) is 0 Å². The number of rotatable bonds is 9. The standard InChI is InChI=1S/C18H20FNO3.C9H11FO.2C2H6.C2H2/c1-12(19)5-4-6-13(2)20-17(11-18(20)22)15-7-9-16(10-8-15)23-14(3)21;1-7(6-11)8-2-4-9(10)5-3-8;3*1-2/h7-10,17H,1-2,4-6,11H2,3H3;2-5,7,11H,6H2,1H3;2*1-2H3;1-2H/t17-;;;;/m0..../s1. The van der Waals surface area contributed by atoms with Gasteiger partial charge in [-0.1, -0.05) is 72.0 Å². The molecule has 2 atom stereocenters. The first-order valence-electron chi connectivity index (χ1n) is 13.4. The molecule has 0 radical (unpaired) electrons. The summed E-state index contributed by atoms with van der Waals surface area (Å²) >= 11 is 0. The number of aliphatic hydroxyl groups excluding tert-OH is 1. The van der Waals surface area contributed by atoms with Crippen LogP contribution in [0.1, 0.15) is 90.3 Å². The van der Waals surface area contributed by atoms with Crippen molar-refractivity contribution in [2.24, 2.45) is 0 Å². The van der Waals surface area contributed by atoms with Crippen LogP contribution in [0.15, 0.2) is 73.2 Å². The van der Waals surface area contributed by atoms with Crippen LogP contribution in [0, 0.1) is 18.7 Å². The number of allylic oxidation sites excluding steroid dienone is 2. The molecule has 0 spiro atoms. The second kappa shape index (κ2) is 22.1. The minimum absolute atomic E-state index is 0.0168. The number of halogens is 2. The quantitative estimate of drug-likeness (QED) is 0.146. The second-order valence-corrected chi connectivity index (χ2v) is 8.22. The van der Waals surface area contributed by atoms with Gasteiger partial charge in [0.2, 0.25) is 5.91 Å². The van der Waals surface area contributed by atoms with Crippen LogP contribution in [0.2, 0.25) is 0 Å². The fourth-order valence-electron chi connectivity index (χ4n) is 3.51. The van der Waals surface area contributed by atoms with Gasteiger partial charge >= 0.3 is 5.97 Å². The Morgan fingerprint density at radius 2 is 1.57 bits per heavy atom. The number of aliphatic hydroxyl groups is 1. The molecule has 0 aliphatic carbocycles. The van der Waals surface area contributed by atoms with Crippen molar-refractivity contribution in [3.63, 3.8) is 0 Å². The van der Waals surface area contributed by atoms with E-state index in [-0.39, 0.29) is 48.5 Å². The number of esters is 1. The average molecular weight is 558 g/mol. The number of β-lactam (4-membered cyclic amide) rings is 1. The Hall–Kier alpha value is -3.76. The number of benzene rings is 2. The van der Waals surface area contributed by atoms with Gasteiger partial charge in [-0.2, -0.15) is 0 Å². The second-order valence-electron chi connectivity index (χ2n) is 8.22. The van der Waals surface area contributed by atoms with E-state index in [9.17, 15) is 18.4 Å². The highest BCUT2D eigenvalue weighted by molar-refractivity contribution is 5.85. The van der Waals surface area contributed by atoms with Gasteiger partial charge in [0.25, 0.3) is 0 Å². The Balaban J connectivity index is 0. The van der Waals surface area contributed by atoms with Crippen LogP contribution >= 0.6 is 0 Å². The van der Waals surface area contributed by atoms with Crippen LogP contribution in [0.3, 0.4) is 0 Å². The van der Waals surface area contributed by atoms with Crippen molar-refractivity contribution in [2.45, 2.75) is 79.2 Å². The highest BCUT2D eigenvalue weighted by Gasteiger charge is 2.38. The molecule has 1 aliphatic heterocycles. The molecule has 1 heterocycles. The predicted octanol–water partition coefficient (Wildman–Crippen LogP) is 8.28. The number of hydrogen-bond acceptors (Lipinski definition) is 4. The van der Waals surface area contributed by atoms with Crippen molar-refractivity contribution in [2.75, 3.05) is 6.61 Å². The molecule has 2 aromatic carbocycles. The number of carbonyl (C=O) groups excluding carboxylic acids is 2. The Kier molecular flexibility index (Phi) is 21.2. The summed E-state index contributed by atoms with van der Waals surface area (Å²) in [6, 6.07) is 13.2. The van der Waals surface area contributed by atoms with E-state index >= 15 is 0 Å². The molecule has 1 saturated heterocycles. The Bertz CT molecular complexity index is 1050. The lowest BCUT2D eigenvalue weighted by molar-refractivity contribution is -0.143. The van der Waals surface area contributed by atoms with Crippen LogP contribution in [0.25, 0.3) is 0 Å². The third-order valence-corrected chi connectivity index (χ3v) is 5.44. The molecule has 0 saturated carbocycles. The van der Waals surface area contributed by atoms with Crippen LogP contribution in [-0.4, -0.2) is 28.5 Å². The number of nitrogens with zero attached hydrogens (tertiary/aromatic N) is 1. The van der Waals surface area contributed by atoms with Gasteiger partial charge in [-0.3, -0.25) is 9.59 Å². The molecule has 1 amide bonds. The van der Waals surface area contributed by atoms with E-state index in [2.05, 4.69) is 26.0 Å². The minimum Gasteiger partial charge on any atom is -0.427 e. The first kappa shape index (κ1) is 38.4. The van der Waals surface area contributed by atoms with Crippen molar-refractivity contribution < 1.29 is 28.2 Å². The van der Waals surface area contributed by atoms with Gasteiger partial charge < -0.3 is 14.7 Å². The molecular formula is C33H45F2NO4. The number of ether oxygens (including phenoxy) is 1. The molecule has 40 heavy (non-hydrogen) atoms. The van der Waals surface area contributed by atoms with Gasteiger partial charge in [-0.05, 0) is 54.7 Å². The van der Waals surface area contributed by atoms with Gasteiger partial charge in [0.1, 0.15) is 11.6 Å². The largest absolute Gasteiger partial charge is 0.427 e. The first-order valence-corrected chi connectivity index (χ1v) is 13.4. The lowest BCUT2D eigenvalue weighted by Gasteiger charge is -2.42. The number of hydrogen-bond donors (Lipinski definition) is 1. The van der Waals surface area contributed by atoms with Gasteiger partial charge in [-0.25, -0.2) is 8.78 Å². The molecule has 1 fully saturated rings. The highest BCUT2D eigenvalue weighted by atomic mass is 19.1. The maximum atomic E-state index is 12.7. The van der Waals surface area contributed by atoms with E-state index in [0.29, 0.717) is 30.7 Å². The van der Waals surface area contributed by atoms with Crippen LogP contribution in [0.4, 0.5) is 8.78 Å². The first-order chi connectivity index (χ1) is 19.1. The van der Waals surface area contributed by atoms with E-state index in [0.717, 1.165) is 11.1 Å². The minimum atomic E-state index is -0.374. The molecule has 0 bridgehead atoms. The maximum absolute atomic E-state index is 12.7. The van der Waals surface area contributed by atoms with E-state index in [1.165, 1.54) is 19.1 Å². The summed E-state index contributed by atoms with van der Waals surface area (Å²) in [6.07, 6.45) is 9.83. The number of likely N-dealkylation sites (tertiary alicyclic amines) is 1. The van der Waals surface area contributed by atoms with Gasteiger partial charge in [-0.15, -0.1) is 12.8 Å². The monoisotopic (exact) mass is 557 g/mol. The third kappa shape index (κ3) is 13.9. The molecule has 1 unspecified atom stereocenters. The summed E-state index contributed by atoms with van der Waals surface area (Å²) < 4.78 is 30.0. The lowest BCUT2D eigenvalue weighted by atomic mass is 9.92. The van der Waals surface area contributed by atoms with Crippen LogP contribution in [-0.2, 0) is 9.59 Å². The smallest absolute Gasteiger partial charge is 0.308 e. The molecule has 7 heteroatoms. The SMILES string of the molecule is C#C.C=C(F)CCCC(=C)N1C(=O)C[C@H]1c1ccc(OC(C)=O)cc1.CC.CC.CC(CO)c1ccc(F)cc1. The van der Waals surface area contributed by atoms with Crippen LogP contribution in [0.5, 0.6) is 5.75 Å². The van der Waals surface area contributed by atoms with E-state index in [1.807, 2.05) is 46.8 Å². The Labute approximate surface area is 239 Å². The molecule has 5 nitrogen and oxygen atoms in total. The zero-order chi connectivity index (χ0) is 31.3. The molecular weight excluding hydrogens is 512 g/mol. The zero-order valence-electron chi connectivity index (χ0n) is 24.8. The Morgan fingerprint density at radius 3 is 2.00 bits per heavy atom. The summed E-state index contributed by atoms with van der Waals surface area (Å²) in [5.41, 5.74) is 2.61. The maximum Gasteiger partial charge on any atom is 0.308 e. The van der Waals surface area contributed by atoms with E-state index in [1.54, 1.807) is 29.2 Å². The topological polar surface area (TPSA) is 66.8 Å². The van der Waals surface area contributed by atoms with E-state index in [4.69, 9.17) is 9.84 Å². The fourth-order valence-corrected chi connectivity index (χ4v) is 3.51. The predicted molar refractivity (Wildman–Crippen MR) is 160 cm³/mol. The summed E-state index contributed by atoms with van der Waals surface area (Å²) in [7, 11) is 0. The van der Waals surface area contributed by atoms with Crippen molar-refractivity contribution in [1.82, 2.24) is 4.90 Å². The molecule has 220 valence electrons. The van der Waals surface area contributed by atoms with Gasteiger partial charge in [0.05, 0.1) is 18.3 Å².